The number of carbonyl (C=O) groups is 1. The average Bonchev–Trinajstić information content (AvgIpc) is 2.80. The summed E-state index contributed by atoms with van der Waals surface area (Å²) in [5, 5.41) is 0. The predicted octanol–water partition coefficient (Wildman–Crippen LogP) is 5.15. The van der Waals surface area contributed by atoms with Gasteiger partial charge in [0.2, 0.25) is 0 Å². The predicted molar refractivity (Wildman–Crippen MR) is 140 cm³/mol. The van der Waals surface area contributed by atoms with Gasteiger partial charge in [0.25, 0.3) is 0 Å². The molecular weight excluding hydrogens is 453 g/mol. The molecule has 0 aliphatic heterocycles. The molecule has 7 nitrogen and oxygen atoms in total. The van der Waals surface area contributed by atoms with Gasteiger partial charge in [-0.05, 0) is 20.3 Å². The Morgan fingerprint density at radius 1 is 0.824 bits per heavy atom. The summed E-state index contributed by atoms with van der Waals surface area (Å²) >= 11 is 0. The molecule has 0 rings (SSSR count). The first-order valence-corrected chi connectivity index (χ1v) is 15.7. The molecule has 0 spiro atoms. The highest BCUT2D eigenvalue weighted by molar-refractivity contribution is 7.52. The van der Waals surface area contributed by atoms with E-state index < -0.39 is 19.7 Å². The summed E-state index contributed by atoms with van der Waals surface area (Å²) in [7, 11) is -3.71. The van der Waals surface area contributed by atoms with Crippen molar-refractivity contribution in [3.8, 4) is 0 Å². The molecule has 0 aromatic carbocycles. The van der Waals surface area contributed by atoms with Crippen molar-refractivity contribution in [1.29, 1.82) is 0 Å². The SMILES string of the molecule is CCCCCCCCCCCCCCCOCC(COP(=O)(O)CC[NH+](CC)CC)OC(C)=O. The summed E-state index contributed by atoms with van der Waals surface area (Å²) in [6.07, 6.45) is 16.3. The minimum Gasteiger partial charge on any atom is -0.458 e. The van der Waals surface area contributed by atoms with Crippen LogP contribution >= 0.6 is 7.60 Å². The Bertz CT molecular complexity index is 516. The molecule has 0 saturated carbocycles. The van der Waals surface area contributed by atoms with E-state index in [0.717, 1.165) is 25.9 Å². The Kier molecular flexibility index (Phi) is 22.7. The van der Waals surface area contributed by atoms with Crippen molar-refractivity contribution in [2.75, 3.05) is 45.6 Å². The quantitative estimate of drug-likeness (QED) is 0.101. The number of quaternary nitrogens is 1. The highest BCUT2D eigenvalue weighted by atomic mass is 31.2. The number of hydrogen-bond acceptors (Lipinski definition) is 5. The lowest BCUT2D eigenvalue weighted by atomic mass is 10.0. The molecule has 2 atom stereocenters. The highest BCUT2D eigenvalue weighted by Crippen LogP contribution is 2.41. The monoisotopic (exact) mass is 508 g/mol. The number of nitrogens with one attached hydrogen (secondary N) is 1. The van der Waals surface area contributed by atoms with Crippen LogP contribution in [0.3, 0.4) is 0 Å². The molecule has 0 saturated heterocycles. The first-order valence-electron chi connectivity index (χ1n) is 13.9. The molecule has 0 fully saturated rings. The minimum absolute atomic E-state index is 0.0939. The van der Waals surface area contributed by atoms with Gasteiger partial charge < -0.3 is 23.8 Å². The van der Waals surface area contributed by atoms with Gasteiger partial charge >= 0.3 is 13.6 Å². The van der Waals surface area contributed by atoms with Gasteiger partial charge in [0.15, 0.2) is 0 Å². The van der Waals surface area contributed by atoms with E-state index in [4.69, 9.17) is 14.0 Å². The van der Waals surface area contributed by atoms with Crippen LogP contribution in [0, 0.1) is 0 Å². The van der Waals surface area contributed by atoms with Crippen molar-refractivity contribution in [3.63, 3.8) is 0 Å². The van der Waals surface area contributed by atoms with Gasteiger partial charge in [-0.3, -0.25) is 9.36 Å². The zero-order valence-electron chi connectivity index (χ0n) is 22.7. The van der Waals surface area contributed by atoms with Gasteiger partial charge in [0, 0.05) is 13.5 Å². The Labute approximate surface area is 209 Å². The summed E-state index contributed by atoms with van der Waals surface area (Å²) in [5.74, 6) is -0.446. The molecule has 0 aliphatic rings. The minimum atomic E-state index is -3.71. The van der Waals surface area contributed by atoms with Crippen LogP contribution < -0.4 is 4.90 Å². The molecule has 2 N–H and O–H groups in total. The topological polar surface area (TPSA) is 86.5 Å². The van der Waals surface area contributed by atoms with Crippen LogP contribution in [0.15, 0.2) is 0 Å². The molecule has 34 heavy (non-hydrogen) atoms. The zero-order valence-corrected chi connectivity index (χ0v) is 23.5. The van der Waals surface area contributed by atoms with Gasteiger partial charge in [0.05, 0.1) is 39.0 Å². The van der Waals surface area contributed by atoms with Gasteiger partial charge in [0.1, 0.15) is 6.10 Å². The average molecular weight is 509 g/mol. The molecule has 0 bridgehead atoms. The third-order valence-corrected chi connectivity index (χ3v) is 7.58. The first kappa shape index (κ1) is 33.5. The molecular formula is C26H55NO6P+. The second-order valence-electron chi connectivity index (χ2n) is 9.41. The van der Waals surface area contributed by atoms with E-state index in [1.807, 2.05) is 13.8 Å². The summed E-state index contributed by atoms with van der Waals surface area (Å²) < 4.78 is 28.4. The van der Waals surface area contributed by atoms with Gasteiger partial charge in [-0.15, -0.1) is 0 Å². The van der Waals surface area contributed by atoms with E-state index in [-0.39, 0.29) is 19.4 Å². The van der Waals surface area contributed by atoms with Crippen molar-refractivity contribution >= 4 is 13.6 Å². The molecule has 0 radical (unpaired) electrons. The third-order valence-electron chi connectivity index (χ3n) is 6.24. The summed E-state index contributed by atoms with van der Waals surface area (Å²) in [4.78, 5) is 22.7. The third kappa shape index (κ3) is 22.0. The number of unbranched alkanes of at least 4 members (excludes halogenated alkanes) is 12. The lowest BCUT2D eigenvalue weighted by Gasteiger charge is -2.21. The van der Waals surface area contributed by atoms with Gasteiger partial charge in [-0.25, -0.2) is 0 Å². The van der Waals surface area contributed by atoms with E-state index in [2.05, 4.69) is 6.92 Å². The number of hydrogen-bond donors (Lipinski definition) is 2. The molecule has 2 unspecified atom stereocenters. The molecule has 0 heterocycles. The second-order valence-corrected chi connectivity index (χ2v) is 11.4. The van der Waals surface area contributed by atoms with Crippen LogP contribution in [0.25, 0.3) is 0 Å². The van der Waals surface area contributed by atoms with Crippen molar-refractivity contribution in [1.82, 2.24) is 0 Å². The first-order chi connectivity index (χ1) is 16.3. The lowest BCUT2D eigenvalue weighted by molar-refractivity contribution is -0.893. The number of carbonyl (C=O) groups excluding carboxylic acids is 1. The zero-order chi connectivity index (χ0) is 25.5. The maximum Gasteiger partial charge on any atom is 0.333 e. The molecule has 0 aromatic heterocycles. The van der Waals surface area contributed by atoms with Crippen LogP contribution in [0.4, 0.5) is 0 Å². The van der Waals surface area contributed by atoms with E-state index in [9.17, 15) is 14.3 Å². The van der Waals surface area contributed by atoms with Gasteiger partial charge in [-0.1, -0.05) is 84.0 Å². The lowest BCUT2D eigenvalue weighted by Crippen LogP contribution is -3.11. The van der Waals surface area contributed by atoms with Crippen molar-refractivity contribution in [2.45, 2.75) is 117 Å². The maximum atomic E-state index is 12.3. The smallest absolute Gasteiger partial charge is 0.333 e. The van der Waals surface area contributed by atoms with Crippen molar-refractivity contribution < 1.29 is 33.2 Å². The Balaban J connectivity index is 3.83. The molecule has 8 heteroatoms. The van der Waals surface area contributed by atoms with Crippen LogP contribution in [0.5, 0.6) is 0 Å². The molecule has 0 amide bonds. The Morgan fingerprint density at radius 2 is 1.32 bits per heavy atom. The molecule has 204 valence electrons. The van der Waals surface area contributed by atoms with Crippen LogP contribution in [-0.4, -0.2) is 62.6 Å². The largest absolute Gasteiger partial charge is 0.458 e. The Hall–Kier alpha value is -0.460. The number of rotatable bonds is 25. The summed E-state index contributed by atoms with van der Waals surface area (Å²) in [6, 6.07) is 0. The Morgan fingerprint density at radius 3 is 1.79 bits per heavy atom. The fourth-order valence-corrected chi connectivity index (χ4v) is 5.08. The van der Waals surface area contributed by atoms with E-state index in [0.29, 0.717) is 13.2 Å². The highest BCUT2D eigenvalue weighted by Gasteiger charge is 2.25. The maximum absolute atomic E-state index is 12.3. The van der Waals surface area contributed by atoms with Crippen molar-refractivity contribution in [2.24, 2.45) is 0 Å². The van der Waals surface area contributed by atoms with E-state index in [1.165, 1.54) is 82.5 Å². The molecule has 0 aliphatic carbocycles. The number of ether oxygens (including phenoxy) is 2. The summed E-state index contributed by atoms with van der Waals surface area (Å²) in [6.45, 7) is 10.7. The molecule has 0 aromatic rings. The standard InChI is InChI=1S/C26H54NO6P/c1-5-8-9-10-11-12-13-14-15-16-17-18-19-21-31-23-26(33-25(4)28)24-32-34(29,30)22-20-27(6-2)7-3/h26H,5-24H2,1-4H3,(H,29,30)/p+1. The number of esters is 1. The van der Waals surface area contributed by atoms with Crippen molar-refractivity contribution in [3.05, 3.63) is 0 Å². The fraction of sp³-hybridized carbons (Fsp3) is 0.962. The normalized spacial score (nSPS) is 14.3. The fourth-order valence-electron chi connectivity index (χ4n) is 3.95. The second kappa shape index (κ2) is 23.0. The van der Waals surface area contributed by atoms with Crippen LogP contribution in [-0.2, 0) is 23.4 Å². The summed E-state index contributed by atoms with van der Waals surface area (Å²) in [5.41, 5.74) is 0. The van der Waals surface area contributed by atoms with Crippen LogP contribution in [0.2, 0.25) is 0 Å². The van der Waals surface area contributed by atoms with E-state index >= 15 is 0 Å². The van der Waals surface area contributed by atoms with Crippen LogP contribution in [0.1, 0.15) is 111 Å². The van der Waals surface area contributed by atoms with E-state index in [1.54, 1.807) is 0 Å². The van der Waals surface area contributed by atoms with Gasteiger partial charge in [-0.2, -0.15) is 0 Å².